The predicted octanol–water partition coefficient (Wildman–Crippen LogP) is 1.48. The van der Waals surface area contributed by atoms with Gasteiger partial charge in [0.1, 0.15) is 12.9 Å². The molecule has 10 heteroatoms. The average Bonchev–Trinajstić information content (AvgIpc) is 3.52. The summed E-state index contributed by atoms with van der Waals surface area (Å²) in [4.78, 5) is 33.6. The van der Waals surface area contributed by atoms with E-state index < -0.39 is 0 Å². The molecule has 0 atom stereocenters. The third kappa shape index (κ3) is 3.58. The Morgan fingerprint density at radius 3 is 2.66 bits per heavy atom. The van der Waals surface area contributed by atoms with Gasteiger partial charge in [-0.05, 0) is 68.1 Å². The van der Waals surface area contributed by atoms with E-state index in [0.717, 1.165) is 49.9 Å². The van der Waals surface area contributed by atoms with Gasteiger partial charge in [-0.2, -0.15) is 4.68 Å². The highest BCUT2D eigenvalue weighted by atomic mass is 16.5. The van der Waals surface area contributed by atoms with Crippen LogP contribution in [0.25, 0.3) is 5.82 Å². The number of rotatable bonds is 5. The zero-order chi connectivity index (χ0) is 22.3. The summed E-state index contributed by atoms with van der Waals surface area (Å²) in [5.74, 6) is 0.554. The lowest BCUT2D eigenvalue weighted by Crippen LogP contribution is -2.42. The van der Waals surface area contributed by atoms with Crippen molar-refractivity contribution in [3.05, 3.63) is 41.5 Å². The number of tetrazole rings is 1. The molecular formula is C22H27N7O3. The SMILES string of the molecule is CC1=C(N2CC[C@]3(CC[C@H](N(C)Cc4ccc(-n5cnnn5)nc4)CC3)C2=O)COC1=O. The number of carbonyl (C=O) groups is 2. The van der Waals surface area contributed by atoms with Crippen LogP contribution in [-0.2, 0) is 20.9 Å². The van der Waals surface area contributed by atoms with Crippen molar-refractivity contribution in [3.8, 4) is 5.82 Å². The molecule has 2 aliphatic heterocycles. The van der Waals surface area contributed by atoms with Gasteiger partial charge in [-0.15, -0.1) is 5.10 Å². The van der Waals surface area contributed by atoms with Crippen LogP contribution < -0.4 is 0 Å². The number of amides is 1. The first-order valence-electron chi connectivity index (χ1n) is 11.0. The molecule has 0 aromatic carbocycles. The van der Waals surface area contributed by atoms with Crippen LogP contribution in [-0.4, -0.2) is 73.1 Å². The largest absolute Gasteiger partial charge is 0.456 e. The Balaban J connectivity index is 1.18. The van der Waals surface area contributed by atoms with Gasteiger partial charge in [0, 0.05) is 25.3 Å². The van der Waals surface area contributed by atoms with Gasteiger partial charge < -0.3 is 9.64 Å². The standard InChI is InChI=1S/C22H27N7O3/c1-15-18(13-32-20(15)30)28-10-9-22(21(28)31)7-5-17(6-8-22)27(2)12-16-3-4-19(23-11-16)29-14-24-25-26-29/h3-4,11,14,17H,5-10,12-13H2,1-2H3/t17-,22+. The van der Waals surface area contributed by atoms with Gasteiger partial charge >= 0.3 is 5.97 Å². The molecule has 1 spiro atoms. The van der Waals surface area contributed by atoms with E-state index >= 15 is 0 Å². The highest BCUT2D eigenvalue weighted by Gasteiger charge is 2.50. The molecule has 0 bridgehead atoms. The Labute approximate surface area is 186 Å². The van der Waals surface area contributed by atoms with E-state index in [2.05, 4.69) is 32.5 Å². The van der Waals surface area contributed by atoms with Crippen molar-refractivity contribution in [2.24, 2.45) is 5.41 Å². The van der Waals surface area contributed by atoms with Crippen molar-refractivity contribution in [1.29, 1.82) is 0 Å². The molecule has 2 aromatic rings. The van der Waals surface area contributed by atoms with Gasteiger partial charge in [0.2, 0.25) is 5.91 Å². The van der Waals surface area contributed by atoms with E-state index in [4.69, 9.17) is 4.74 Å². The number of ether oxygens (including phenoxy) is 1. The van der Waals surface area contributed by atoms with Crippen LogP contribution in [0, 0.1) is 5.41 Å². The van der Waals surface area contributed by atoms with Crippen molar-refractivity contribution in [2.45, 2.75) is 51.6 Å². The summed E-state index contributed by atoms with van der Waals surface area (Å²) in [6, 6.07) is 4.39. The average molecular weight is 438 g/mol. The van der Waals surface area contributed by atoms with Crippen molar-refractivity contribution in [1.82, 2.24) is 35.0 Å². The monoisotopic (exact) mass is 437 g/mol. The zero-order valence-corrected chi connectivity index (χ0v) is 18.4. The Kier molecular flexibility index (Phi) is 5.24. The van der Waals surface area contributed by atoms with E-state index in [0.29, 0.717) is 24.0 Å². The fraction of sp³-hybridized carbons (Fsp3) is 0.545. The van der Waals surface area contributed by atoms with Gasteiger partial charge in [0.05, 0.1) is 16.7 Å². The van der Waals surface area contributed by atoms with E-state index in [1.165, 1.54) is 11.0 Å². The molecule has 0 N–H and O–H groups in total. The molecule has 1 aliphatic carbocycles. The Hall–Kier alpha value is -3.14. The summed E-state index contributed by atoms with van der Waals surface area (Å²) < 4.78 is 6.65. The number of cyclic esters (lactones) is 1. The van der Waals surface area contributed by atoms with Crippen molar-refractivity contribution < 1.29 is 14.3 Å². The molecule has 4 heterocycles. The number of hydrogen-bond donors (Lipinski definition) is 0. The number of aromatic nitrogens is 5. The van der Waals surface area contributed by atoms with Crippen LogP contribution in [0.15, 0.2) is 35.9 Å². The molecule has 3 aliphatic rings. The van der Waals surface area contributed by atoms with E-state index in [-0.39, 0.29) is 23.9 Å². The topological polar surface area (TPSA) is 106 Å². The molecule has 168 valence electrons. The van der Waals surface area contributed by atoms with Crippen LogP contribution in [0.1, 0.15) is 44.6 Å². The molecular weight excluding hydrogens is 410 g/mol. The first kappa shape index (κ1) is 20.7. The fourth-order valence-corrected chi connectivity index (χ4v) is 5.22. The second kappa shape index (κ2) is 8.09. The number of nitrogens with zero attached hydrogens (tertiary/aromatic N) is 7. The normalized spacial score (nSPS) is 26.0. The number of hydrogen-bond acceptors (Lipinski definition) is 8. The van der Waals surface area contributed by atoms with E-state index in [1.54, 1.807) is 6.92 Å². The molecule has 10 nitrogen and oxygen atoms in total. The van der Waals surface area contributed by atoms with Crippen LogP contribution in [0.2, 0.25) is 0 Å². The molecule has 1 saturated carbocycles. The van der Waals surface area contributed by atoms with Crippen molar-refractivity contribution in [3.63, 3.8) is 0 Å². The minimum absolute atomic E-state index is 0.175. The first-order chi connectivity index (χ1) is 15.5. The third-order valence-corrected chi connectivity index (χ3v) is 7.28. The van der Waals surface area contributed by atoms with Crippen LogP contribution in [0.3, 0.4) is 0 Å². The Morgan fingerprint density at radius 1 is 1.22 bits per heavy atom. The number of esters is 1. The van der Waals surface area contributed by atoms with E-state index in [9.17, 15) is 9.59 Å². The van der Waals surface area contributed by atoms with Gasteiger partial charge in [-0.3, -0.25) is 9.69 Å². The highest BCUT2D eigenvalue weighted by Crippen LogP contribution is 2.47. The lowest BCUT2D eigenvalue weighted by atomic mass is 9.71. The van der Waals surface area contributed by atoms with Crippen LogP contribution in [0.5, 0.6) is 0 Å². The fourth-order valence-electron chi connectivity index (χ4n) is 5.22. The molecule has 5 rings (SSSR count). The van der Waals surface area contributed by atoms with Gasteiger partial charge in [-0.25, -0.2) is 9.78 Å². The van der Waals surface area contributed by atoms with E-state index in [1.807, 2.05) is 23.2 Å². The maximum absolute atomic E-state index is 13.3. The van der Waals surface area contributed by atoms with Crippen molar-refractivity contribution >= 4 is 11.9 Å². The molecule has 0 radical (unpaired) electrons. The second-order valence-electron chi connectivity index (χ2n) is 9.06. The number of likely N-dealkylation sites (tertiary alicyclic amines) is 1. The first-order valence-corrected chi connectivity index (χ1v) is 11.0. The van der Waals surface area contributed by atoms with Crippen molar-refractivity contribution in [2.75, 3.05) is 20.2 Å². The summed E-state index contributed by atoms with van der Waals surface area (Å²) in [6.45, 7) is 3.45. The van der Waals surface area contributed by atoms with Gasteiger partial charge in [0.15, 0.2) is 5.82 Å². The molecule has 1 amide bonds. The zero-order valence-electron chi connectivity index (χ0n) is 18.4. The summed E-state index contributed by atoms with van der Waals surface area (Å²) in [5, 5.41) is 11.1. The minimum Gasteiger partial charge on any atom is -0.456 e. The summed E-state index contributed by atoms with van der Waals surface area (Å²) >= 11 is 0. The third-order valence-electron chi connectivity index (χ3n) is 7.28. The molecule has 2 fully saturated rings. The predicted molar refractivity (Wildman–Crippen MR) is 113 cm³/mol. The van der Waals surface area contributed by atoms with Gasteiger partial charge in [-0.1, -0.05) is 6.07 Å². The maximum atomic E-state index is 13.3. The quantitative estimate of drug-likeness (QED) is 0.648. The molecule has 1 saturated heterocycles. The summed E-state index contributed by atoms with van der Waals surface area (Å²) in [7, 11) is 2.14. The number of carbonyl (C=O) groups excluding carboxylic acids is 2. The second-order valence-corrected chi connectivity index (χ2v) is 9.06. The highest BCUT2D eigenvalue weighted by molar-refractivity contribution is 5.94. The molecule has 32 heavy (non-hydrogen) atoms. The molecule has 0 unspecified atom stereocenters. The lowest BCUT2D eigenvalue weighted by molar-refractivity contribution is -0.138. The smallest absolute Gasteiger partial charge is 0.336 e. The minimum atomic E-state index is -0.306. The van der Waals surface area contributed by atoms with Crippen LogP contribution >= 0.6 is 0 Å². The summed E-state index contributed by atoms with van der Waals surface area (Å²) in [5.41, 5.74) is 2.17. The lowest BCUT2D eigenvalue weighted by Gasteiger charge is -2.39. The molecule has 2 aromatic heterocycles. The number of pyridine rings is 1. The Morgan fingerprint density at radius 2 is 2.03 bits per heavy atom. The maximum Gasteiger partial charge on any atom is 0.336 e. The summed E-state index contributed by atoms with van der Waals surface area (Å²) in [6.07, 6.45) is 7.98. The Bertz CT molecular complexity index is 1040. The van der Waals surface area contributed by atoms with Crippen LogP contribution in [0.4, 0.5) is 0 Å². The van der Waals surface area contributed by atoms with Gasteiger partial charge in [0.25, 0.3) is 0 Å².